The standard InChI is InChI=1S/C19H20N2O3S/c1-4-19(25(22,23)21-18-14(2)15(3)20-24-18)13-9-8-12-17(19)16-10-6-5-7-11-16/h4-13,17,21H,1H2,2-3H3. The lowest BCUT2D eigenvalue weighted by Crippen LogP contribution is -2.44. The van der Waals surface area contributed by atoms with E-state index in [4.69, 9.17) is 4.52 Å². The van der Waals surface area contributed by atoms with Gasteiger partial charge in [-0.25, -0.2) is 13.1 Å². The molecule has 6 heteroatoms. The summed E-state index contributed by atoms with van der Waals surface area (Å²) in [6.45, 7) is 7.34. The van der Waals surface area contributed by atoms with Gasteiger partial charge in [0.2, 0.25) is 15.9 Å². The van der Waals surface area contributed by atoms with Gasteiger partial charge in [-0.2, -0.15) is 0 Å². The topological polar surface area (TPSA) is 72.2 Å². The van der Waals surface area contributed by atoms with Crippen LogP contribution in [0.5, 0.6) is 0 Å². The van der Waals surface area contributed by atoms with Crippen LogP contribution in [0.15, 0.2) is 71.8 Å². The monoisotopic (exact) mass is 356 g/mol. The molecule has 0 spiro atoms. The lowest BCUT2D eigenvalue weighted by Gasteiger charge is -2.35. The van der Waals surface area contributed by atoms with E-state index in [2.05, 4.69) is 16.5 Å². The van der Waals surface area contributed by atoms with Crippen molar-refractivity contribution in [2.75, 3.05) is 4.72 Å². The molecule has 25 heavy (non-hydrogen) atoms. The first-order valence-corrected chi connectivity index (χ1v) is 9.39. The normalized spacial score (nSPS) is 22.7. The molecule has 1 aliphatic carbocycles. The number of hydrogen-bond donors (Lipinski definition) is 1. The van der Waals surface area contributed by atoms with Crippen LogP contribution in [-0.2, 0) is 10.0 Å². The van der Waals surface area contributed by atoms with Crippen molar-refractivity contribution in [3.8, 4) is 0 Å². The van der Waals surface area contributed by atoms with E-state index in [0.29, 0.717) is 11.3 Å². The van der Waals surface area contributed by atoms with Crippen LogP contribution < -0.4 is 4.72 Å². The lowest BCUT2D eigenvalue weighted by atomic mass is 9.82. The number of allylic oxidation sites excluding steroid dienone is 3. The Hall–Kier alpha value is -2.60. The summed E-state index contributed by atoms with van der Waals surface area (Å²) in [6.07, 6.45) is 8.55. The van der Waals surface area contributed by atoms with Crippen molar-refractivity contribution in [2.45, 2.75) is 24.5 Å². The Morgan fingerprint density at radius 2 is 1.96 bits per heavy atom. The average molecular weight is 356 g/mol. The van der Waals surface area contributed by atoms with E-state index < -0.39 is 20.7 Å². The summed E-state index contributed by atoms with van der Waals surface area (Å²) >= 11 is 0. The molecule has 0 saturated carbocycles. The number of hydrogen-bond acceptors (Lipinski definition) is 4. The van der Waals surface area contributed by atoms with Crippen LogP contribution in [0.4, 0.5) is 5.88 Å². The molecule has 0 amide bonds. The van der Waals surface area contributed by atoms with Gasteiger partial charge < -0.3 is 4.52 Å². The van der Waals surface area contributed by atoms with Crippen LogP contribution in [0.2, 0.25) is 0 Å². The van der Waals surface area contributed by atoms with Crippen molar-refractivity contribution in [2.24, 2.45) is 0 Å². The van der Waals surface area contributed by atoms with Gasteiger partial charge in [0.25, 0.3) is 0 Å². The molecule has 2 atom stereocenters. The molecule has 0 bridgehead atoms. The number of nitrogens with one attached hydrogen (secondary N) is 1. The highest BCUT2D eigenvalue weighted by Crippen LogP contribution is 2.41. The third-order valence-corrected chi connectivity index (χ3v) is 6.53. The molecular formula is C19H20N2O3S. The molecule has 1 N–H and O–H groups in total. The molecule has 0 fully saturated rings. The fourth-order valence-corrected chi connectivity index (χ4v) is 4.59. The first kappa shape index (κ1) is 17.2. The Balaban J connectivity index is 2.08. The Kier molecular flexibility index (Phi) is 4.39. The van der Waals surface area contributed by atoms with Gasteiger partial charge in [0.15, 0.2) is 0 Å². The van der Waals surface area contributed by atoms with Crippen LogP contribution in [0.3, 0.4) is 0 Å². The van der Waals surface area contributed by atoms with Gasteiger partial charge in [0.1, 0.15) is 4.75 Å². The highest BCUT2D eigenvalue weighted by atomic mass is 32.2. The zero-order chi connectivity index (χ0) is 18.1. The van der Waals surface area contributed by atoms with Crippen LogP contribution in [0.25, 0.3) is 0 Å². The minimum absolute atomic E-state index is 0.133. The van der Waals surface area contributed by atoms with Crippen molar-refractivity contribution in [3.05, 3.63) is 84.1 Å². The predicted molar refractivity (Wildman–Crippen MR) is 98.9 cm³/mol. The summed E-state index contributed by atoms with van der Waals surface area (Å²) in [7, 11) is -3.89. The smallest absolute Gasteiger partial charge is 0.249 e. The zero-order valence-electron chi connectivity index (χ0n) is 14.1. The Labute approximate surface area is 147 Å². The Morgan fingerprint density at radius 3 is 2.56 bits per heavy atom. The largest absolute Gasteiger partial charge is 0.337 e. The van der Waals surface area contributed by atoms with E-state index in [1.54, 1.807) is 26.0 Å². The molecular weight excluding hydrogens is 336 g/mol. The van der Waals surface area contributed by atoms with E-state index in [-0.39, 0.29) is 5.88 Å². The first-order chi connectivity index (χ1) is 11.9. The molecule has 0 aliphatic heterocycles. The molecule has 0 radical (unpaired) electrons. The van der Waals surface area contributed by atoms with Gasteiger partial charge in [-0.1, -0.05) is 65.9 Å². The summed E-state index contributed by atoms with van der Waals surface area (Å²) < 4.78 is 32.9. The third kappa shape index (κ3) is 2.82. The van der Waals surface area contributed by atoms with Gasteiger partial charge in [0, 0.05) is 11.5 Å². The van der Waals surface area contributed by atoms with Crippen LogP contribution >= 0.6 is 0 Å². The van der Waals surface area contributed by atoms with E-state index >= 15 is 0 Å². The number of sulfonamides is 1. The van der Waals surface area contributed by atoms with Crippen LogP contribution in [0, 0.1) is 13.8 Å². The summed E-state index contributed by atoms with van der Waals surface area (Å²) in [5.74, 6) is -0.272. The molecule has 1 aromatic carbocycles. The van der Waals surface area contributed by atoms with Gasteiger partial charge in [-0.05, 0) is 19.4 Å². The van der Waals surface area contributed by atoms with E-state index in [9.17, 15) is 8.42 Å². The van der Waals surface area contributed by atoms with Gasteiger partial charge >= 0.3 is 0 Å². The summed E-state index contributed by atoms with van der Waals surface area (Å²) in [4.78, 5) is 0. The number of nitrogens with zero attached hydrogens (tertiary/aromatic N) is 1. The van der Waals surface area contributed by atoms with Crippen molar-refractivity contribution in [3.63, 3.8) is 0 Å². The number of aromatic nitrogens is 1. The molecule has 1 aliphatic rings. The number of anilines is 1. The molecule has 3 rings (SSSR count). The van der Waals surface area contributed by atoms with Crippen molar-refractivity contribution in [1.82, 2.24) is 5.16 Å². The van der Waals surface area contributed by atoms with E-state index in [1.165, 1.54) is 6.08 Å². The van der Waals surface area contributed by atoms with Crippen molar-refractivity contribution < 1.29 is 12.9 Å². The average Bonchev–Trinajstić information content (AvgIpc) is 2.93. The second-order valence-electron chi connectivity index (χ2n) is 6.02. The minimum atomic E-state index is -3.89. The van der Waals surface area contributed by atoms with E-state index in [1.807, 2.05) is 42.5 Å². The third-order valence-electron chi connectivity index (χ3n) is 4.58. The summed E-state index contributed by atoms with van der Waals surface area (Å²) in [5, 5.41) is 3.81. The highest BCUT2D eigenvalue weighted by molar-refractivity contribution is 7.94. The fourth-order valence-electron chi connectivity index (χ4n) is 2.95. The first-order valence-electron chi connectivity index (χ1n) is 7.91. The molecule has 1 aromatic heterocycles. The maximum Gasteiger partial charge on any atom is 0.249 e. The van der Waals surface area contributed by atoms with Crippen LogP contribution in [-0.4, -0.2) is 18.3 Å². The SMILES string of the molecule is C=CC1(S(=O)(=O)Nc2onc(C)c2C)C=CC=CC1c1ccccc1. The molecule has 2 unspecified atom stereocenters. The summed E-state index contributed by atoms with van der Waals surface area (Å²) in [5.41, 5.74) is 2.19. The predicted octanol–water partition coefficient (Wildman–Crippen LogP) is 3.87. The van der Waals surface area contributed by atoms with Gasteiger partial charge in [-0.3, -0.25) is 0 Å². The molecule has 1 heterocycles. The molecule has 5 nitrogen and oxygen atoms in total. The van der Waals surface area contributed by atoms with E-state index in [0.717, 1.165) is 5.56 Å². The van der Waals surface area contributed by atoms with Gasteiger partial charge in [-0.15, -0.1) is 6.58 Å². The summed E-state index contributed by atoms with van der Waals surface area (Å²) in [6, 6.07) is 9.49. The molecule has 130 valence electrons. The maximum atomic E-state index is 13.3. The minimum Gasteiger partial charge on any atom is -0.337 e. The zero-order valence-corrected chi connectivity index (χ0v) is 15.0. The number of aryl methyl sites for hydroxylation is 1. The molecule has 0 saturated heterocycles. The number of rotatable bonds is 5. The maximum absolute atomic E-state index is 13.3. The second-order valence-corrected chi connectivity index (χ2v) is 7.94. The lowest BCUT2D eigenvalue weighted by molar-refractivity contribution is 0.429. The van der Waals surface area contributed by atoms with Gasteiger partial charge in [0.05, 0.1) is 5.69 Å². The quantitative estimate of drug-likeness (QED) is 0.826. The van der Waals surface area contributed by atoms with Crippen molar-refractivity contribution >= 4 is 15.9 Å². The highest BCUT2D eigenvalue weighted by Gasteiger charge is 2.47. The van der Waals surface area contributed by atoms with Crippen molar-refractivity contribution in [1.29, 1.82) is 0 Å². The number of benzene rings is 1. The van der Waals surface area contributed by atoms with Crippen LogP contribution in [0.1, 0.15) is 22.7 Å². The second kappa shape index (κ2) is 6.37. The molecule has 2 aromatic rings. The fraction of sp³-hybridized carbons (Fsp3) is 0.211. The Bertz CT molecular complexity index is 942. The Morgan fingerprint density at radius 1 is 1.24 bits per heavy atom.